The van der Waals surface area contributed by atoms with Crippen LogP contribution in [0.1, 0.15) is 50.4 Å². The number of nitrogens with one attached hydrogen (secondary N) is 1. The summed E-state index contributed by atoms with van der Waals surface area (Å²) in [5.74, 6) is 3.66. The van der Waals surface area contributed by atoms with Gasteiger partial charge in [-0.2, -0.15) is 0 Å². The van der Waals surface area contributed by atoms with E-state index in [1.54, 1.807) is 6.20 Å². The molecule has 0 bridgehead atoms. The van der Waals surface area contributed by atoms with Crippen LogP contribution in [0.15, 0.2) is 24.4 Å². The number of nitrogens with zero attached hydrogens (tertiary/aromatic N) is 2. The van der Waals surface area contributed by atoms with Gasteiger partial charge in [0.15, 0.2) is 23.1 Å². The van der Waals surface area contributed by atoms with Crippen LogP contribution in [0.3, 0.4) is 0 Å². The molecule has 1 atom stereocenters. The molecule has 0 fully saturated rings. The maximum atomic E-state index is 9.36. The number of ether oxygens (including phenoxy) is 3. The highest BCUT2D eigenvalue weighted by Gasteiger charge is 2.15. The van der Waals surface area contributed by atoms with Crippen molar-refractivity contribution in [3.05, 3.63) is 35.8 Å². The molecule has 0 saturated carbocycles. The van der Waals surface area contributed by atoms with Gasteiger partial charge >= 0.3 is 0 Å². The minimum atomic E-state index is 0.150. The Morgan fingerprint density at radius 1 is 1.21 bits per heavy atom. The van der Waals surface area contributed by atoms with Gasteiger partial charge < -0.3 is 24.6 Å². The smallest absolute Gasteiger partial charge is 0.231 e. The molecule has 7 heteroatoms. The van der Waals surface area contributed by atoms with Crippen molar-refractivity contribution in [2.75, 3.05) is 25.3 Å². The molecule has 7 nitrogen and oxygen atoms in total. The zero-order valence-corrected chi connectivity index (χ0v) is 17.3. The summed E-state index contributed by atoms with van der Waals surface area (Å²) in [5, 5.41) is 12.8. The Bertz CT molecular complexity index is 785. The fraction of sp³-hybridized carbons (Fsp3) is 0.545. The Labute approximate surface area is 172 Å². The van der Waals surface area contributed by atoms with Crippen LogP contribution in [-0.2, 0) is 6.42 Å². The molecule has 2 heterocycles. The summed E-state index contributed by atoms with van der Waals surface area (Å²) >= 11 is 0. The molecule has 0 amide bonds. The standard InChI is InChI=1S/C22H31N3O4/c1-3-4-7-18(10-11-26)25-22-21(14-23-16(2)24-22)27-12-5-6-17-8-9-19-20(13-17)29-15-28-19/h8-9,13-14,18,26H,3-7,10-12,15H2,1-2H3,(H,23,24,25)/t18-/m0/s1. The molecule has 1 aromatic carbocycles. The number of aliphatic hydroxyl groups excluding tert-OH is 1. The van der Waals surface area contributed by atoms with Crippen LogP contribution in [-0.4, -0.2) is 41.1 Å². The van der Waals surface area contributed by atoms with Crippen molar-refractivity contribution in [3.63, 3.8) is 0 Å². The number of aliphatic hydroxyl groups is 1. The van der Waals surface area contributed by atoms with Gasteiger partial charge in [0.25, 0.3) is 0 Å². The van der Waals surface area contributed by atoms with E-state index in [1.807, 2.05) is 19.1 Å². The highest BCUT2D eigenvalue weighted by atomic mass is 16.7. The van der Waals surface area contributed by atoms with Crippen LogP contribution in [0.2, 0.25) is 0 Å². The van der Waals surface area contributed by atoms with Crippen LogP contribution < -0.4 is 19.5 Å². The van der Waals surface area contributed by atoms with Crippen molar-refractivity contribution in [1.29, 1.82) is 0 Å². The molecule has 2 aromatic rings. The Morgan fingerprint density at radius 2 is 2.07 bits per heavy atom. The van der Waals surface area contributed by atoms with Gasteiger partial charge in [0.1, 0.15) is 5.82 Å². The minimum Gasteiger partial charge on any atom is -0.488 e. The van der Waals surface area contributed by atoms with E-state index in [1.165, 1.54) is 5.56 Å². The normalized spacial score (nSPS) is 13.3. The number of unbranched alkanes of at least 4 members (excludes halogenated alkanes) is 1. The molecule has 0 aliphatic carbocycles. The van der Waals surface area contributed by atoms with Gasteiger partial charge in [-0.25, -0.2) is 9.97 Å². The van der Waals surface area contributed by atoms with Gasteiger partial charge in [-0.1, -0.05) is 25.8 Å². The Kier molecular flexibility index (Phi) is 7.93. The lowest BCUT2D eigenvalue weighted by Crippen LogP contribution is -2.22. The fourth-order valence-corrected chi connectivity index (χ4v) is 3.31. The SMILES string of the molecule is CCCC[C@@H](CCO)Nc1nc(C)ncc1OCCCc1ccc2c(c1)OCO2. The van der Waals surface area contributed by atoms with Crippen molar-refractivity contribution < 1.29 is 19.3 Å². The largest absolute Gasteiger partial charge is 0.488 e. The molecule has 1 aliphatic heterocycles. The van der Waals surface area contributed by atoms with Crippen molar-refractivity contribution in [1.82, 2.24) is 9.97 Å². The van der Waals surface area contributed by atoms with Crippen molar-refractivity contribution >= 4 is 5.82 Å². The fourth-order valence-electron chi connectivity index (χ4n) is 3.31. The van der Waals surface area contributed by atoms with E-state index in [0.717, 1.165) is 43.6 Å². The summed E-state index contributed by atoms with van der Waals surface area (Å²) in [6.45, 7) is 5.04. The van der Waals surface area contributed by atoms with Gasteiger partial charge in [0.2, 0.25) is 6.79 Å². The summed E-state index contributed by atoms with van der Waals surface area (Å²) in [6.07, 6.45) is 7.37. The van der Waals surface area contributed by atoms with Crippen molar-refractivity contribution in [2.45, 2.75) is 58.4 Å². The molecular weight excluding hydrogens is 370 g/mol. The highest BCUT2D eigenvalue weighted by molar-refractivity contribution is 5.49. The number of fused-ring (bicyclic) bond motifs is 1. The van der Waals surface area contributed by atoms with E-state index < -0.39 is 0 Å². The first-order valence-electron chi connectivity index (χ1n) is 10.4. The minimum absolute atomic E-state index is 0.150. The van der Waals surface area contributed by atoms with E-state index in [-0.39, 0.29) is 12.6 Å². The highest BCUT2D eigenvalue weighted by Crippen LogP contribution is 2.32. The van der Waals surface area contributed by atoms with E-state index in [9.17, 15) is 5.11 Å². The molecule has 0 saturated heterocycles. The molecule has 3 rings (SSSR count). The molecule has 158 valence electrons. The van der Waals surface area contributed by atoms with Crippen LogP contribution in [0.25, 0.3) is 0 Å². The van der Waals surface area contributed by atoms with E-state index in [4.69, 9.17) is 14.2 Å². The number of hydrogen-bond donors (Lipinski definition) is 2. The van der Waals surface area contributed by atoms with E-state index in [2.05, 4.69) is 28.3 Å². The molecular formula is C22H31N3O4. The predicted molar refractivity (Wildman–Crippen MR) is 112 cm³/mol. The zero-order valence-electron chi connectivity index (χ0n) is 17.3. The molecule has 0 unspecified atom stereocenters. The lowest BCUT2D eigenvalue weighted by Gasteiger charge is -2.20. The van der Waals surface area contributed by atoms with Crippen LogP contribution in [0, 0.1) is 6.92 Å². The number of aromatic nitrogens is 2. The Morgan fingerprint density at radius 3 is 2.90 bits per heavy atom. The van der Waals surface area contributed by atoms with E-state index >= 15 is 0 Å². The molecule has 2 N–H and O–H groups in total. The number of rotatable bonds is 12. The predicted octanol–water partition coefficient (Wildman–Crippen LogP) is 3.88. The quantitative estimate of drug-likeness (QED) is 0.522. The second-order valence-electron chi connectivity index (χ2n) is 7.27. The lowest BCUT2D eigenvalue weighted by atomic mass is 10.1. The number of anilines is 1. The van der Waals surface area contributed by atoms with Gasteiger partial charge in [0, 0.05) is 12.6 Å². The second-order valence-corrected chi connectivity index (χ2v) is 7.27. The molecule has 0 spiro atoms. The lowest BCUT2D eigenvalue weighted by molar-refractivity contribution is 0.174. The molecule has 1 aromatic heterocycles. The second kappa shape index (κ2) is 10.9. The van der Waals surface area contributed by atoms with Crippen LogP contribution in [0.5, 0.6) is 17.2 Å². The van der Waals surface area contributed by atoms with Gasteiger partial charge in [-0.05, 0) is 50.3 Å². The number of hydrogen-bond acceptors (Lipinski definition) is 7. The topological polar surface area (TPSA) is 85.7 Å². The maximum absolute atomic E-state index is 9.36. The van der Waals surface area contributed by atoms with Gasteiger partial charge in [-0.15, -0.1) is 0 Å². The van der Waals surface area contributed by atoms with Crippen LogP contribution >= 0.6 is 0 Å². The summed E-state index contributed by atoms with van der Waals surface area (Å²) in [6, 6.07) is 6.21. The average Bonchev–Trinajstić information content (AvgIpc) is 3.19. The summed E-state index contributed by atoms with van der Waals surface area (Å²) in [7, 11) is 0. The third kappa shape index (κ3) is 6.22. The molecule has 1 aliphatic rings. The van der Waals surface area contributed by atoms with Gasteiger partial charge in [-0.3, -0.25) is 0 Å². The molecule has 29 heavy (non-hydrogen) atoms. The summed E-state index contributed by atoms with van der Waals surface area (Å²) in [5.41, 5.74) is 1.19. The monoisotopic (exact) mass is 401 g/mol. The third-order valence-electron chi connectivity index (χ3n) is 4.90. The third-order valence-corrected chi connectivity index (χ3v) is 4.90. The Balaban J connectivity index is 1.54. The number of benzene rings is 1. The zero-order chi connectivity index (χ0) is 20.5. The Hall–Kier alpha value is -2.54. The summed E-state index contributed by atoms with van der Waals surface area (Å²) < 4.78 is 16.8. The van der Waals surface area contributed by atoms with Gasteiger partial charge in [0.05, 0.1) is 12.8 Å². The van der Waals surface area contributed by atoms with E-state index in [0.29, 0.717) is 37.2 Å². The van der Waals surface area contributed by atoms with Crippen LogP contribution in [0.4, 0.5) is 5.82 Å². The van der Waals surface area contributed by atoms with Crippen molar-refractivity contribution in [2.24, 2.45) is 0 Å². The molecule has 0 radical (unpaired) electrons. The van der Waals surface area contributed by atoms with Crippen molar-refractivity contribution in [3.8, 4) is 17.2 Å². The maximum Gasteiger partial charge on any atom is 0.231 e. The number of aryl methyl sites for hydroxylation is 2. The first-order chi connectivity index (χ1) is 14.2. The first-order valence-corrected chi connectivity index (χ1v) is 10.4. The average molecular weight is 402 g/mol. The first kappa shape index (κ1) is 21.2. The summed E-state index contributed by atoms with van der Waals surface area (Å²) in [4.78, 5) is 8.80.